The van der Waals surface area contributed by atoms with E-state index in [1.807, 2.05) is 0 Å². The van der Waals surface area contributed by atoms with E-state index in [0.29, 0.717) is 18.7 Å². The molecular weight excluding hydrogens is 292 g/mol. The quantitative estimate of drug-likeness (QED) is 0.632. The summed E-state index contributed by atoms with van der Waals surface area (Å²) in [5.41, 5.74) is -1.81. The van der Waals surface area contributed by atoms with Crippen molar-refractivity contribution in [3.8, 4) is 0 Å². The third-order valence-corrected chi connectivity index (χ3v) is 3.18. The highest BCUT2D eigenvalue weighted by Gasteiger charge is 2.34. The molecule has 3 nitrogen and oxygen atoms in total. The van der Waals surface area contributed by atoms with Gasteiger partial charge in [0.1, 0.15) is 12.4 Å². The Morgan fingerprint density at radius 1 is 1.33 bits per heavy atom. The van der Waals surface area contributed by atoms with Crippen molar-refractivity contribution in [3.63, 3.8) is 0 Å². The Balaban J connectivity index is 2.02. The van der Waals surface area contributed by atoms with Gasteiger partial charge in [0.05, 0.1) is 17.2 Å². The van der Waals surface area contributed by atoms with E-state index in [1.54, 1.807) is 0 Å². The van der Waals surface area contributed by atoms with Crippen molar-refractivity contribution >= 4 is 5.97 Å². The van der Waals surface area contributed by atoms with Gasteiger partial charge in [0.25, 0.3) is 0 Å². The molecule has 1 fully saturated rings. The zero-order valence-corrected chi connectivity index (χ0v) is 11.1. The first-order chi connectivity index (χ1) is 9.88. The van der Waals surface area contributed by atoms with E-state index in [0.717, 1.165) is 25.3 Å². The number of benzene rings is 1. The lowest BCUT2D eigenvalue weighted by Gasteiger charge is -2.22. The molecule has 0 saturated carbocycles. The molecule has 0 spiro atoms. The Bertz CT molecular complexity index is 507. The van der Waals surface area contributed by atoms with E-state index in [-0.39, 0.29) is 18.3 Å². The average molecular weight is 306 g/mol. The maximum atomic E-state index is 13.1. The van der Waals surface area contributed by atoms with Crippen LogP contribution in [0.15, 0.2) is 18.2 Å². The number of rotatable bonds is 3. The van der Waals surface area contributed by atoms with Crippen LogP contribution in [0.1, 0.15) is 35.2 Å². The first kappa shape index (κ1) is 15.8. The van der Waals surface area contributed by atoms with Crippen LogP contribution in [0, 0.1) is 5.82 Å². The van der Waals surface area contributed by atoms with Gasteiger partial charge in [-0.2, -0.15) is 13.2 Å². The smallest absolute Gasteiger partial charge is 0.419 e. The molecule has 7 heteroatoms. The average Bonchev–Trinajstić information content (AvgIpc) is 2.45. The van der Waals surface area contributed by atoms with E-state index in [1.165, 1.54) is 0 Å². The molecular formula is C14H14F4O3. The predicted octanol–water partition coefficient (Wildman–Crippen LogP) is 3.57. The van der Waals surface area contributed by atoms with Crippen LogP contribution >= 0.6 is 0 Å². The Morgan fingerprint density at radius 2 is 2.10 bits per heavy atom. The molecule has 1 aromatic carbocycles. The molecule has 0 aromatic heterocycles. The van der Waals surface area contributed by atoms with E-state index in [2.05, 4.69) is 0 Å². The highest BCUT2D eigenvalue weighted by molar-refractivity contribution is 5.89. The first-order valence-corrected chi connectivity index (χ1v) is 6.53. The predicted molar refractivity (Wildman–Crippen MR) is 65.3 cm³/mol. The van der Waals surface area contributed by atoms with Gasteiger partial charge in [-0.3, -0.25) is 0 Å². The Kier molecular flexibility index (Phi) is 4.82. The van der Waals surface area contributed by atoms with Gasteiger partial charge in [-0.05, 0) is 37.5 Å². The van der Waals surface area contributed by atoms with Crippen LogP contribution in [-0.2, 0) is 15.7 Å². The second-order valence-electron chi connectivity index (χ2n) is 4.78. The topological polar surface area (TPSA) is 35.5 Å². The SMILES string of the molecule is O=C(OCC1CCCCO1)c1ccc(F)c(C(F)(F)F)c1. The zero-order chi connectivity index (χ0) is 15.5. The van der Waals surface area contributed by atoms with Crippen molar-refractivity contribution in [2.75, 3.05) is 13.2 Å². The molecule has 1 aromatic rings. The Hall–Kier alpha value is -1.63. The minimum atomic E-state index is -4.85. The molecule has 1 atom stereocenters. The molecule has 116 valence electrons. The van der Waals surface area contributed by atoms with Gasteiger partial charge in [0.2, 0.25) is 0 Å². The molecule has 1 unspecified atom stereocenters. The van der Waals surface area contributed by atoms with Crippen molar-refractivity contribution in [2.45, 2.75) is 31.5 Å². The molecule has 1 saturated heterocycles. The number of esters is 1. The summed E-state index contributed by atoms with van der Waals surface area (Å²) in [5, 5.41) is 0. The van der Waals surface area contributed by atoms with Crippen LogP contribution in [0.4, 0.5) is 17.6 Å². The minimum Gasteiger partial charge on any atom is -0.459 e. The first-order valence-electron chi connectivity index (χ1n) is 6.53. The molecule has 21 heavy (non-hydrogen) atoms. The number of carbonyl (C=O) groups is 1. The summed E-state index contributed by atoms with van der Waals surface area (Å²) in [5.74, 6) is -2.34. The normalized spacial score (nSPS) is 19.3. The number of hydrogen-bond acceptors (Lipinski definition) is 3. The lowest BCUT2D eigenvalue weighted by atomic mass is 10.1. The number of alkyl halides is 3. The van der Waals surface area contributed by atoms with Crippen molar-refractivity contribution < 1.29 is 31.8 Å². The fourth-order valence-electron chi connectivity index (χ4n) is 2.06. The highest BCUT2D eigenvalue weighted by Crippen LogP contribution is 2.32. The van der Waals surface area contributed by atoms with Gasteiger partial charge in [0, 0.05) is 6.61 Å². The Labute approximate surface area is 118 Å². The van der Waals surface area contributed by atoms with E-state index < -0.39 is 23.5 Å². The van der Waals surface area contributed by atoms with Gasteiger partial charge in [-0.1, -0.05) is 0 Å². The standard InChI is InChI=1S/C14H14F4O3/c15-12-5-4-9(7-11(12)14(16,17)18)13(19)21-8-10-3-1-2-6-20-10/h4-5,7,10H,1-3,6,8H2. The van der Waals surface area contributed by atoms with E-state index in [9.17, 15) is 22.4 Å². The monoisotopic (exact) mass is 306 g/mol. The van der Waals surface area contributed by atoms with Crippen LogP contribution < -0.4 is 0 Å². The van der Waals surface area contributed by atoms with Crippen molar-refractivity contribution in [2.24, 2.45) is 0 Å². The van der Waals surface area contributed by atoms with Gasteiger partial charge < -0.3 is 9.47 Å². The van der Waals surface area contributed by atoms with Gasteiger partial charge in [-0.15, -0.1) is 0 Å². The molecule has 1 aliphatic heterocycles. The van der Waals surface area contributed by atoms with E-state index >= 15 is 0 Å². The summed E-state index contributed by atoms with van der Waals surface area (Å²) < 4.78 is 61.0. The molecule has 2 rings (SSSR count). The van der Waals surface area contributed by atoms with Crippen LogP contribution in [-0.4, -0.2) is 25.3 Å². The molecule has 0 bridgehead atoms. The summed E-state index contributed by atoms with van der Waals surface area (Å²) in [6, 6.07) is 2.03. The molecule has 0 N–H and O–H groups in total. The summed E-state index contributed by atoms with van der Waals surface area (Å²) in [4.78, 5) is 11.7. The Morgan fingerprint density at radius 3 is 2.71 bits per heavy atom. The van der Waals surface area contributed by atoms with Gasteiger partial charge in [0.15, 0.2) is 0 Å². The second kappa shape index (κ2) is 6.43. The maximum Gasteiger partial charge on any atom is 0.419 e. The fraction of sp³-hybridized carbons (Fsp3) is 0.500. The van der Waals surface area contributed by atoms with Crippen LogP contribution in [0.25, 0.3) is 0 Å². The van der Waals surface area contributed by atoms with Gasteiger partial charge >= 0.3 is 12.1 Å². The third-order valence-electron chi connectivity index (χ3n) is 3.18. The summed E-state index contributed by atoms with van der Waals surface area (Å²) in [6.07, 6.45) is -2.45. The van der Waals surface area contributed by atoms with Crippen LogP contribution in [0.2, 0.25) is 0 Å². The lowest BCUT2D eigenvalue weighted by Crippen LogP contribution is -2.26. The molecule has 0 radical (unpaired) electrons. The third kappa shape index (κ3) is 4.17. The van der Waals surface area contributed by atoms with Crippen molar-refractivity contribution in [1.29, 1.82) is 0 Å². The second-order valence-corrected chi connectivity index (χ2v) is 4.78. The summed E-state index contributed by atoms with van der Waals surface area (Å²) in [6.45, 7) is 0.564. The minimum absolute atomic E-state index is 0.0163. The van der Waals surface area contributed by atoms with Crippen LogP contribution in [0.3, 0.4) is 0 Å². The van der Waals surface area contributed by atoms with E-state index in [4.69, 9.17) is 9.47 Å². The molecule has 0 aliphatic carbocycles. The molecule has 0 amide bonds. The van der Waals surface area contributed by atoms with Crippen molar-refractivity contribution in [1.82, 2.24) is 0 Å². The lowest BCUT2D eigenvalue weighted by molar-refractivity contribution is -0.140. The largest absolute Gasteiger partial charge is 0.459 e. The zero-order valence-electron chi connectivity index (χ0n) is 11.1. The number of halogens is 4. The number of ether oxygens (including phenoxy) is 2. The summed E-state index contributed by atoms with van der Waals surface area (Å²) >= 11 is 0. The van der Waals surface area contributed by atoms with Crippen molar-refractivity contribution in [3.05, 3.63) is 35.1 Å². The number of hydrogen-bond donors (Lipinski definition) is 0. The maximum absolute atomic E-state index is 13.1. The molecule has 1 heterocycles. The van der Waals surface area contributed by atoms with Crippen LogP contribution in [0.5, 0.6) is 0 Å². The highest BCUT2D eigenvalue weighted by atomic mass is 19.4. The fourth-order valence-corrected chi connectivity index (χ4v) is 2.06. The molecule has 1 aliphatic rings. The summed E-state index contributed by atoms with van der Waals surface area (Å²) in [7, 11) is 0. The number of carbonyl (C=O) groups excluding carboxylic acids is 1. The van der Waals surface area contributed by atoms with Gasteiger partial charge in [-0.25, -0.2) is 9.18 Å².